The first-order valence-corrected chi connectivity index (χ1v) is 12.1. The van der Waals surface area contributed by atoms with Crippen LogP contribution in [-0.2, 0) is 25.9 Å². The molecule has 0 aliphatic carbocycles. The summed E-state index contributed by atoms with van der Waals surface area (Å²) >= 11 is 0. The van der Waals surface area contributed by atoms with Crippen molar-refractivity contribution in [2.45, 2.75) is 16.0 Å². The van der Waals surface area contributed by atoms with Crippen LogP contribution in [0.3, 0.4) is 0 Å². The first-order valence-electron chi connectivity index (χ1n) is 8.31. The van der Waals surface area contributed by atoms with Gasteiger partial charge in [-0.2, -0.15) is 13.2 Å². The number of aromatic nitrogens is 4. The summed E-state index contributed by atoms with van der Waals surface area (Å²) in [4.78, 5) is 18.9. The number of H-pyrrole nitrogens is 1. The highest BCUT2D eigenvalue weighted by molar-refractivity contribution is 7.91. The molecule has 0 radical (unpaired) electrons. The lowest BCUT2D eigenvalue weighted by Gasteiger charge is -2.04. The van der Waals surface area contributed by atoms with Crippen LogP contribution >= 0.6 is 0 Å². The molecule has 3 aromatic heterocycles. The van der Waals surface area contributed by atoms with Gasteiger partial charge in [-0.3, -0.25) is 9.89 Å². The van der Waals surface area contributed by atoms with E-state index in [1.807, 2.05) is 5.10 Å². The van der Waals surface area contributed by atoms with Gasteiger partial charge in [-0.25, -0.2) is 37.3 Å². The van der Waals surface area contributed by atoms with Crippen molar-refractivity contribution in [1.82, 2.24) is 19.7 Å². The fourth-order valence-electron chi connectivity index (χ4n) is 2.12. The van der Waals surface area contributed by atoms with Crippen LogP contribution in [0.1, 0.15) is 5.69 Å². The van der Waals surface area contributed by atoms with Crippen molar-refractivity contribution in [3.05, 3.63) is 58.8 Å². The number of nitrogens with two attached hydrogens (primary N) is 1. The Labute approximate surface area is 179 Å². The topological polar surface area (TPSA) is 170 Å². The molecule has 0 unspecified atom stereocenters. The minimum atomic E-state index is -4.68. The van der Waals surface area contributed by atoms with Crippen LogP contribution in [0.4, 0.5) is 19.0 Å². The van der Waals surface area contributed by atoms with Gasteiger partial charge < -0.3 is 5.43 Å². The average Bonchev–Trinajstić information content (AvgIpc) is 3.09. The van der Waals surface area contributed by atoms with Crippen LogP contribution in [0.15, 0.2) is 57.3 Å². The van der Waals surface area contributed by atoms with Crippen molar-refractivity contribution in [1.29, 1.82) is 0 Å². The smallest absolute Gasteiger partial charge is 0.308 e. The molecule has 3 heterocycles. The normalized spacial score (nSPS) is 12.1. The van der Waals surface area contributed by atoms with Gasteiger partial charge in [-0.15, -0.1) is 0 Å². The Kier molecular flexibility index (Phi) is 7.11. The van der Waals surface area contributed by atoms with Gasteiger partial charge in [-0.1, -0.05) is 0 Å². The summed E-state index contributed by atoms with van der Waals surface area (Å²) < 4.78 is 82.2. The zero-order chi connectivity index (χ0) is 24.3. The van der Waals surface area contributed by atoms with Crippen LogP contribution in [-0.4, -0.2) is 49.1 Å². The second-order valence-corrected chi connectivity index (χ2v) is 10.3. The molecule has 11 nitrogen and oxygen atoms in total. The number of nitrogens with zero attached hydrogens (tertiary/aromatic N) is 3. The van der Waals surface area contributed by atoms with Gasteiger partial charge in [0, 0.05) is 31.0 Å². The Balaban J connectivity index is 0.000000258. The van der Waals surface area contributed by atoms with E-state index in [0.717, 1.165) is 30.8 Å². The number of rotatable bonds is 4. The number of alkyl halides is 3. The second-order valence-electron chi connectivity index (χ2n) is 6.26. The number of sulfone groups is 2. The summed E-state index contributed by atoms with van der Waals surface area (Å²) in [7, 11) is -6.63. The third-order valence-electron chi connectivity index (χ3n) is 3.72. The summed E-state index contributed by atoms with van der Waals surface area (Å²) in [6.45, 7) is 0. The molecule has 4 N–H and O–H groups in total. The minimum Gasteiger partial charge on any atom is -0.308 e. The Bertz CT molecular complexity index is 1350. The predicted molar refractivity (Wildman–Crippen MR) is 107 cm³/mol. The Hall–Kier alpha value is -3.24. The first-order chi connectivity index (χ1) is 14.6. The molecular weight excluding hydrogens is 477 g/mol. The number of pyridine rings is 2. The third-order valence-corrected chi connectivity index (χ3v) is 5.91. The molecule has 0 fully saturated rings. The van der Waals surface area contributed by atoms with Gasteiger partial charge in [0.15, 0.2) is 25.5 Å². The van der Waals surface area contributed by atoms with E-state index in [0.29, 0.717) is 16.6 Å². The van der Waals surface area contributed by atoms with Gasteiger partial charge in [0.1, 0.15) is 11.5 Å². The number of halogens is 3. The lowest BCUT2D eigenvalue weighted by atomic mass is 10.4. The zero-order valence-electron chi connectivity index (χ0n) is 16.5. The number of hydrogen-bond acceptors (Lipinski definition) is 9. The minimum absolute atomic E-state index is 0.100. The van der Waals surface area contributed by atoms with Crippen LogP contribution in [0, 0.1) is 0 Å². The van der Waals surface area contributed by atoms with Crippen molar-refractivity contribution in [3.8, 4) is 5.82 Å². The molecule has 0 spiro atoms. The highest BCUT2D eigenvalue weighted by Gasteiger charge is 2.33. The molecule has 16 heteroatoms. The standard InChI is InChI=1S/C10H8F3N3O3S.C6H9N3O2S/c1-20(18,19)6-2-3-8(14-5-6)16-9(17)4-7(15-16)10(11,12)13;1-12(10,11)5-2-3-6(9-7)8-4-5/h2-5,15H,1H3;2-4H,7H2,1H3,(H,8,9). The van der Waals surface area contributed by atoms with E-state index in [2.05, 4.69) is 15.4 Å². The van der Waals surface area contributed by atoms with E-state index in [1.54, 1.807) is 0 Å². The summed E-state index contributed by atoms with van der Waals surface area (Å²) in [5, 5.41) is 1.86. The molecule has 0 aliphatic rings. The van der Waals surface area contributed by atoms with Gasteiger partial charge in [0.05, 0.1) is 9.79 Å². The molecule has 0 atom stereocenters. The maximum absolute atomic E-state index is 12.4. The Morgan fingerprint density at radius 1 is 0.969 bits per heavy atom. The molecule has 0 amide bonds. The molecular formula is C16H17F3N6O5S2. The Morgan fingerprint density at radius 3 is 1.84 bits per heavy atom. The van der Waals surface area contributed by atoms with E-state index >= 15 is 0 Å². The molecule has 32 heavy (non-hydrogen) atoms. The quantitative estimate of drug-likeness (QED) is 0.350. The van der Waals surface area contributed by atoms with E-state index in [9.17, 15) is 34.8 Å². The number of nitrogen functional groups attached to an aromatic ring is 1. The summed E-state index contributed by atoms with van der Waals surface area (Å²) in [5.74, 6) is 5.34. The number of anilines is 1. The van der Waals surface area contributed by atoms with Crippen LogP contribution in [0.2, 0.25) is 0 Å². The second kappa shape index (κ2) is 9.09. The van der Waals surface area contributed by atoms with Gasteiger partial charge >= 0.3 is 6.18 Å². The lowest BCUT2D eigenvalue weighted by Crippen LogP contribution is -2.15. The lowest BCUT2D eigenvalue weighted by molar-refractivity contribution is -0.141. The van der Waals surface area contributed by atoms with Crippen LogP contribution < -0.4 is 16.8 Å². The molecule has 0 saturated heterocycles. The van der Waals surface area contributed by atoms with Crippen molar-refractivity contribution < 1.29 is 30.0 Å². The number of aromatic amines is 1. The van der Waals surface area contributed by atoms with Crippen molar-refractivity contribution >= 4 is 25.5 Å². The largest absolute Gasteiger partial charge is 0.432 e. The third kappa shape index (κ3) is 6.38. The summed E-state index contributed by atoms with van der Waals surface area (Å²) in [6.07, 6.45) is -0.376. The maximum Gasteiger partial charge on any atom is 0.432 e. The van der Waals surface area contributed by atoms with Crippen LogP contribution in [0.25, 0.3) is 5.82 Å². The van der Waals surface area contributed by atoms with E-state index in [-0.39, 0.29) is 15.6 Å². The van der Waals surface area contributed by atoms with Crippen molar-refractivity contribution in [3.63, 3.8) is 0 Å². The number of hydrazine groups is 1. The fourth-order valence-corrected chi connectivity index (χ4v) is 3.24. The molecule has 0 aliphatic heterocycles. The van der Waals surface area contributed by atoms with Crippen LogP contribution in [0.5, 0.6) is 0 Å². The van der Waals surface area contributed by atoms with Crippen molar-refractivity contribution in [2.75, 3.05) is 17.9 Å². The molecule has 0 saturated carbocycles. The molecule has 174 valence electrons. The van der Waals surface area contributed by atoms with E-state index in [4.69, 9.17) is 5.84 Å². The van der Waals surface area contributed by atoms with Crippen molar-refractivity contribution in [2.24, 2.45) is 5.84 Å². The monoisotopic (exact) mass is 494 g/mol. The fraction of sp³-hybridized carbons (Fsp3) is 0.188. The SMILES string of the molecule is CS(=O)(=O)c1ccc(-n2[nH]c(C(F)(F)F)cc2=O)nc1.CS(=O)(=O)c1ccc(NN)nc1. The summed E-state index contributed by atoms with van der Waals surface area (Å²) in [6, 6.07) is 5.62. The molecule has 0 bridgehead atoms. The summed E-state index contributed by atoms with van der Waals surface area (Å²) in [5.41, 5.74) is 0.141. The highest BCUT2D eigenvalue weighted by atomic mass is 32.2. The average molecular weight is 494 g/mol. The van der Waals surface area contributed by atoms with Gasteiger partial charge in [-0.05, 0) is 24.3 Å². The highest BCUT2D eigenvalue weighted by Crippen LogP contribution is 2.26. The maximum atomic E-state index is 12.4. The molecule has 3 aromatic rings. The zero-order valence-corrected chi connectivity index (χ0v) is 18.1. The van der Waals surface area contributed by atoms with Gasteiger partial charge in [0.2, 0.25) is 0 Å². The predicted octanol–water partition coefficient (Wildman–Crippen LogP) is 0.754. The molecule has 3 rings (SSSR count). The van der Waals surface area contributed by atoms with E-state index < -0.39 is 37.1 Å². The number of hydrogen-bond donors (Lipinski definition) is 3. The van der Waals surface area contributed by atoms with E-state index in [1.165, 1.54) is 18.3 Å². The first kappa shape index (κ1) is 25.0. The number of nitrogens with one attached hydrogen (secondary N) is 2. The Morgan fingerprint density at radius 2 is 1.50 bits per heavy atom. The molecule has 0 aromatic carbocycles. The van der Waals surface area contributed by atoms with Gasteiger partial charge in [0.25, 0.3) is 5.56 Å².